The van der Waals surface area contributed by atoms with Crippen LogP contribution in [0.5, 0.6) is 5.75 Å². The van der Waals surface area contributed by atoms with Crippen molar-refractivity contribution < 1.29 is 9.53 Å². The molecule has 0 spiro atoms. The topological polar surface area (TPSA) is 64.3 Å². The van der Waals surface area contributed by atoms with E-state index in [0.29, 0.717) is 13.2 Å². The van der Waals surface area contributed by atoms with E-state index in [0.717, 1.165) is 29.8 Å². The monoisotopic (exact) mass is 234 g/mol. The third-order valence-electron chi connectivity index (χ3n) is 3.00. The normalized spacial score (nSPS) is 18.5. The lowest BCUT2D eigenvalue weighted by Crippen LogP contribution is -2.31. The molecule has 0 radical (unpaired) electrons. The van der Waals surface area contributed by atoms with Crippen LogP contribution in [0.15, 0.2) is 18.2 Å². The maximum absolute atomic E-state index is 11.8. The Bertz CT molecular complexity index is 418. The zero-order chi connectivity index (χ0) is 12.3. The first-order valence-corrected chi connectivity index (χ1v) is 6.01. The third-order valence-corrected chi connectivity index (χ3v) is 3.00. The lowest BCUT2D eigenvalue weighted by Gasteiger charge is -2.24. The van der Waals surface area contributed by atoms with Crippen LogP contribution < -0.4 is 15.8 Å². The van der Waals surface area contributed by atoms with Crippen LogP contribution in [0.2, 0.25) is 0 Å². The van der Waals surface area contributed by atoms with E-state index in [1.54, 1.807) is 0 Å². The second-order valence-corrected chi connectivity index (χ2v) is 4.22. The summed E-state index contributed by atoms with van der Waals surface area (Å²) in [6.45, 7) is 3.15. The quantitative estimate of drug-likeness (QED) is 0.830. The predicted octanol–water partition coefficient (Wildman–Crippen LogP) is 1.54. The Hall–Kier alpha value is -1.55. The van der Waals surface area contributed by atoms with E-state index in [4.69, 9.17) is 10.5 Å². The van der Waals surface area contributed by atoms with Crippen molar-refractivity contribution in [2.75, 3.05) is 18.5 Å². The molecule has 0 fully saturated rings. The van der Waals surface area contributed by atoms with Gasteiger partial charge in [-0.25, -0.2) is 0 Å². The molecule has 1 aromatic rings. The number of rotatable bonds is 4. The molecule has 4 nitrogen and oxygen atoms in total. The first-order chi connectivity index (χ1) is 8.24. The molecule has 3 N–H and O–H groups in total. The third kappa shape index (κ3) is 2.58. The van der Waals surface area contributed by atoms with Crippen molar-refractivity contribution in [3.8, 4) is 5.75 Å². The number of nitrogens with one attached hydrogen (secondary N) is 1. The fourth-order valence-corrected chi connectivity index (χ4v) is 2.14. The van der Waals surface area contributed by atoms with Gasteiger partial charge in [-0.05, 0) is 50.1 Å². The van der Waals surface area contributed by atoms with Crippen molar-refractivity contribution in [3.63, 3.8) is 0 Å². The molecule has 2 rings (SSSR count). The molecule has 0 aliphatic carbocycles. The summed E-state index contributed by atoms with van der Waals surface area (Å²) in [6.07, 6.45) is 1.48. The number of anilines is 1. The number of fused-ring (bicyclic) bond motifs is 1. The van der Waals surface area contributed by atoms with Gasteiger partial charge in [0.25, 0.3) is 0 Å². The van der Waals surface area contributed by atoms with E-state index in [-0.39, 0.29) is 11.8 Å². The summed E-state index contributed by atoms with van der Waals surface area (Å²) in [5.41, 5.74) is 7.54. The van der Waals surface area contributed by atoms with E-state index in [9.17, 15) is 4.79 Å². The maximum atomic E-state index is 11.8. The molecule has 1 aromatic carbocycles. The average molecular weight is 234 g/mol. The van der Waals surface area contributed by atoms with Crippen LogP contribution in [0.4, 0.5) is 5.69 Å². The van der Waals surface area contributed by atoms with E-state index < -0.39 is 0 Å². The van der Waals surface area contributed by atoms with Crippen LogP contribution in [0.3, 0.4) is 0 Å². The van der Waals surface area contributed by atoms with E-state index in [1.807, 2.05) is 25.1 Å². The predicted molar refractivity (Wildman–Crippen MR) is 67.1 cm³/mol. The minimum absolute atomic E-state index is 0.00984. The highest BCUT2D eigenvalue weighted by atomic mass is 16.5. The Morgan fingerprint density at radius 2 is 2.35 bits per heavy atom. The number of nitrogens with two attached hydrogens (primary N) is 1. The number of hydrogen-bond acceptors (Lipinski definition) is 3. The smallest absolute Gasteiger partial charge is 0.227 e. The Balaban J connectivity index is 2.21. The van der Waals surface area contributed by atoms with E-state index in [2.05, 4.69) is 5.32 Å². The summed E-state index contributed by atoms with van der Waals surface area (Å²) in [5, 5.41) is 2.91. The van der Waals surface area contributed by atoms with Gasteiger partial charge in [-0.1, -0.05) is 0 Å². The molecular formula is C13H18N2O2. The van der Waals surface area contributed by atoms with Gasteiger partial charge in [-0.2, -0.15) is 0 Å². The molecule has 92 valence electrons. The van der Waals surface area contributed by atoms with Crippen molar-refractivity contribution in [3.05, 3.63) is 23.8 Å². The highest BCUT2D eigenvalue weighted by molar-refractivity contribution is 5.95. The number of benzene rings is 1. The molecule has 1 aliphatic rings. The highest BCUT2D eigenvalue weighted by Gasteiger charge is 2.25. The second-order valence-electron chi connectivity index (χ2n) is 4.22. The SMILES string of the molecule is CCOc1ccc2c(c1)CC(CCN)C(=O)N2. The molecule has 0 saturated heterocycles. The van der Waals surface area contributed by atoms with Crippen molar-refractivity contribution in [1.82, 2.24) is 0 Å². The summed E-state index contributed by atoms with van der Waals surface area (Å²) in [4.78, 5) is 11.8. The van der Waals surface area contributed by atoms with Crippen molar-refractivity contribution in [2.45, 2.75) is 19.8 Å². The van der Waals surface area contributed by atoms with Crippen molar-refractivity contribution in [2.24, 2.45) is 11.7 Å². The average Bonchev–Trinajstić information content (AvgIpc) is 2.31. The largest absolute Gasteiger partial charge is 0.494 e. The van der Waals surface area contributed by atoms with Crippen LogP contribution in [-0.4, -0.2) is 19.1 Å². The summed E-state index contributed by atoms with van der Waals surface area (Å²) in [5.74, 6) is 0.922. The molecule has 1 atom stereocenters. The number of hydrogen-bond donors (Lipinski definition) is 2. The molecule has 1 aliphatic heterocycles. The molecule has 0 aromatic heterocycles. The number of carbonyl (C=O) groups excluding carboxylic acids is 1. The zero-order valence-electron chi connectivity index (χ0n) is 10.0. The van der Waals surface area contributed by atoms with Gasteiger partial charge in [0.2, 0.25) is 5.91 Å². The van der Waals surface area contributed by atoms with Crippen molar-refractivity contribution >= 4 is 11.6 Å². The molecule has 17 heavy (non-hydrogen) atoms. The first-order valence-electron chi connectivity index (χ1n) is 6.01. The summed E-state index contributed by atoms with van der Waals surface area (Å²) < 4.78 is 5.46. The molecule has 1 unspecified atom stereocenters. The summed E-state index contributed by atoms with van der Waals surface area (Å²) >= 11 is 0. The van der Waals surface area contributed by atoms with Crippen molar-refractivity contribution in [1.29, 1.82) is 0 Å². The van der Waals surface area contributed by atoms with Crippen LogP contribution in [0.25, 0.3) is 0 Å². The Kier molecular flexibility index (Phi) is 3.64. The van der Waals surface area contributed by atoms with Gasteiger partial charge in [-0.3, -0.25) is 4.79 Å². The van der Waals surface area contributed by atoms with Gasteiger partial charge in [0, 0.05) is 11.6 Å². The lowest BCUT2D eigenvalue weighted by molar-refractivity contribution is -0.120. The van der Waals surface area contributed by atoms with E-state index in [1.165, 1.54) is 0 Å². The second kappa shape index (κ2) is 5.19. The van der Waals surface area contributed by atoms with Gasteiger partial charge in [-0.15, -0.1) is 0 Å². The Labute approximate surface area is 101 Å². The first kappa shape index (κ1) is 11.9. The van der Waals surface area contributed by atoms with Gasteiger partial charge in [0.1, 0.15) is 5.75 Å². The fourth-order valence-electron chi connectivity index (χ4n) is 2.14. The number of carbonyl (C=O) groups is 1. The Morgan fingerprint density at radius 3 is 3.06 bits per heavy atom. The van der Waals surface area contributed by atoms with Gasteiger partial charge in [0.05, 0.1) is 6.61 Å². The maximum Gasteiger partial charge on any atom is 0.227 e. The molecule has 4 heteroatoms. The van der Waals surface area contributed by atoms with E-state index >= 15 is 0 Å². The highest BCUT2D eigenvalue weighted by Crippen LogP contribution is 2.30. The van der Waals surface area contributed by atoms with Crippen LogP contribution in [0, 0.1) is 5.92 Å². The zero-order valence-corrected chi connectivity index (χ0v) is 10.0. The Morgan fingerprint density at radius 1 is 1.53 bits per heavy atom. The van der Waals surface area contributed by atoms with Crippen LogP contribution >= 0.6 is 0 Å². The summed E-state index contributed by atoms with van der Waals surface area (Å²) in [6, 6.07) is 5.78. The molecular weight excluding hydrogens is 216 g/mol. The number of ether oxygens (including phenoxy) is 1. The van der Waals surface area contributed by atoms with Gasteiger partial charge in [0.15, 0.2) is 0 Å². The molecule has 0 bridgehead atoms. The molecule has 1 amide bonds. The lowest BCUT2D eigenvalue weighted by atomic mass is 9.90. The van der Waals surface area contributed by atoms with Gasteiger partial charge < -0.3 is 15.8 Å². The van der Waals surface area contributed by atoms with Crippen LogP contribution in [-0.2, 0) is 11.2 Å². The fraction of sp³-hybridized carbons (Fsp3) is 0.462. The summed E-state index contributed by atoms with van der Waals surface area (Å²) in [7, 11) is 0. The standard InChI is InChI=1S/C13H18N2O2/c1-2-17-11-3-4-12-10(8-11)7-9(5-6-14)13(16)15-12/h3-4,8-9H,2,5-7,14H2,1H3,(H,15,16). The molecule has 1 heterocycles. The minimum Gasteiger partial charge on any atom is -0.494 e. The number of amides is 1. The molecule has 0 saturated carbocycles. The van der Waals surface area contributed by atoms with Gasteiger partial charge >= 0.3 is 0 Å². The minimum atomic E-state index is -0.00984. The van der Waals surface area contributed by atoms with Crippen LogP contribution in [0.1, 0.15) is 18.9 Å².